The molecule has 0 bridgehead atoms. The number of benzene rings is 8. The van der Waals surface area contributed by atoms with Crippen LogP contribution in [-0.4, -0.2) is 15.0 Å². The van der Waals surface area contributed by atoms with Crippen LogP contribution in [-0.2, 0) is 0 Å². The first kappa shape index (κ1) is 33.6. The molecule has 56 heavy (non-hydrogen) atoms. The van der Waals surface area contributed by atoms with Gasteiger partial charge in [0.2, 0.25) is 0 Å². The standard InChI is InChI=1S/C52H35N3S/c1-34-15-11-24-40(29-34)51-53-50(37-20-9-4-10-21-37)54-52(55-51)43-32-41(36-18-7-3-8-19-36)31-42(33-43)45-26-14-28-47-46-27-13-25-44(48(46)56-49(45)47)39-23-12-22-38(30-39)35-16-5-2-6-17-35/h2-33H,1H3. The average molecular weight is 734 g/mol. The SMILES string of the molecule is Cc1cccc(-c2nc(-c3ccccc3)nc(-c3cc(-c4ccccc4)cc(-c4cccc5c4sc4c(-c6cccc(-c7ccccc7)c6)cccc45)c3)n2)c1. The van der Waals surface area contributed by atoms with Crippen LogP contribution in [0.25, 0.3) is 98.8 Å². The first-order chi connectivity index (χ1) is 27.6. The predicted octanol–water partition coefficient (Wildman–Crippen LogP) is 14.2. The van der Waals surface area contributed by atoms with Crippen LogP contribution in [0.5, 0.6) is 0 Å². The fraction of sp³-hybridized carbons (Fsp3) is 0.0192. The van der Waals surface area contributed by atoms with Gasteiger partial charge < -0.3 is 0 Å². The van der Waals surface area contributed by atoms with E-state index in [1.165, 1.54) is 48.0 Å². The van der Waals surface area contributed by atoms with Crippen LogP contribution in [0, 0.1) is 6.92 Å². The molecule has 0 spiro atoms. The van der Waals surface area contributed by atoms with E-state index in [1.54, 1.807) is 0 Å². The van der Waals surface area contributed by atoms with Crippen molar-refractivity contribution in [1.29, 1.82) is 0 Å². The van der Waals surface area contributed by atoms with Crippen molar-refractivity contribution >= 4 is 31.5 Å². The van der Waals surface area contributed by atoms with E-state index in [0.717, 1.165) is 38.9 Å². The van der Waals surface area contributed by atoms with Gasteiger partial charge in [0.1, 0.15) is 0 Å². The molecular formula is C52H35N3S. The third-order valence-corrected chi connectivity index (χ3v) is 11.6. The number of rotatable bonds is 7. The number of hydrogen-bond donors (Lipinski definition) is 0. The Labute approximate surface area is 330 Å². The second-order valence-electron chi connectivity index (χ2n) is 14.1. The van der Waals surface area contributed by atoms with Gasteiger partial charge in [-0.2, -0.15) is 0 Å². The van der Waals surface area contributed by atoms with E-state index in [0.29, 0.717) is 17.5 Å². The molecule has 0 aliphatic rings. The van der Waals surface area contributed by atoms with Crippen LogP contribution >= 0.6 is 11.3 Å². The molecule has 0 aliphatic carbocycles. The monoisotopic (exact) mass is 733 g/mol. The lowest BCUT2D eigenvalue weighted by molar-refractivity contribution is 1.07. The van der Waals surface area contributed by atoms with Gasteiger partial charge in [-0.1, -0.05) is 169 Å². The van der Waals surface area contributed by atoms with Crippen LogP contribution in [0.2, 0.25) is 0 Å². The summed E-state index contributed by atoms with van der Waals surface area (Å²) in [4.78, 5) is 15.3. The summed E-state index contributed by atoms with van der Waals surface area (Å²) in [6.07, 6.45) is 0. The second-order valence-corrected chi connectivity index (χ2v) is 15.1. The Morgan fingerprint density at radius 3 is 1.38 bits per heavy atom. The van der Waals surface area contributed by atoms with Crippen molar-refractivity contribution in [2.45, 2.75) is 6.92 Å². The Kier molecular flexibility index (Phi) is 8.59. The van der Waals surface area contributed by atoms with Gasteiger partial charge in [0, 0.05) is 36.9 Å². The van der Waals surface area contributed by atoms with Crippen LogP contribution < -0.4 is 0 Å². The summed E-state index contributed by atoms with van der Waals surface area (Å²) >= 11 is 1.87. The van der Waals surface area contributed by atoms with Crippen molar-refractivity contribution in [2.75, 3.05) is 0 Å². The van der Waals surface area contributed by atoms with Gasteiger partial charge in [0.05, 0.1) is 0 Å². The molecule has 8 aromatic carbocycles. The molecule has 0 fully saturated rings. The number of thiophene rings is 1. The summed E-state index contributed by atoms with van der Waals surface area (Å²) in [6.45, 7) is 2.10. The Morgan fingerprint density at radius 1 is 0.304 bits per heavy atom. The number of fused-ring (bicyclic) bond motifs is 3. The van der Waals surface area contributed by atoms with Crippen molar-refractivity contribution < 1.29 is 0 Å². The highest BCUT2D eigenvalue weighted by atomic mass is 32.1. The number of aromatic nitrogens is 3. The molecule has 3 nitrogen and oxygen atoms in total. The van der Waals surface area contributed by atoms with Crippen molar-refractivity contribution in [3.05, 3.63) is 200 Å². The summed E-state index contributed by atoms with van der Waals surface area (Å²) in [7, 11) is 0. The minimum Gasteiger partial charge on any atom is -0.208 e. The van der Waals surface area contributed by atoms with E-state index in [4.69, 9.17) is 15.0 Å². The zero-order valence-corrected chi connectivity index (χ0v) is 31.5. The molecule has 0 unspecified atom stereocenters. The summed E-state index contributed by atoms with van der Waals surface area (Å²) in [5, 5.41) is 2.52. The lowest BCUT2D eigenvalue weighted by Gasteiger charge is -2.13. The minimum atomic E-state index is 0.637. The molecule has 10 rings (SSSR count). The third-order valence-electron chi connectivity index (χ3n) is 10.4. The molecule has 0 amide bonds. The molecule has 0 aliphatic heterocycles. The zero-order chi connectivity index (χ0) is 37.4. The minimum absolute atomic E-state index is 0.637. The summed E-state index contributed by atoms with van der Waals surface area (Å²) in [5.74, 6) is 1.94. The number of aryl methyl sites for hydroxylation is 1. The van der Waals surface area contributed by atoms with E-state index in [-0.39, 0.29) is 0 Å². The smallest absolute Gasteiger partial charge is 0.164 e. The number of nitrogens with zero attached hydrogens (tertiary/aromatic N) is 3. The van der Waals surface area contributed by atoms with Gasteiger partial charge in [-0.25, -0.2) is 15.0 Å². The quantitative estimate of drug-likeness (QED) is 0.164. The molecule has 0 atom stereocenters. The Balaban J connectivity index is 1.17. The second kappa shape index (κ2) is 14.3. The van der Waals surface area contributed by atoms with Gasteiger partial charge in [0.15, 0.2) is 17.5 Å². The van der Waals surface area contributed by atoms with Crippen molar-refractivity contribution in [1.82, 2.24) is 15.0 Å². The van der Waals surface area contributed by atoms with E-state index in [9.17, 15) is 0 Å². The average Bonchev–Trinajstić information content (AvgIpc) is 3.66. The van der Waals surface area contributed by atoms with Crippen molar-refractivity contribution in [3.8, 4) is 78.7 Å². The van der Waals surface area contributed by atoms with Gasteiger partial charge >= 0.3 is 0 Å². The molecule has 0 radical (unpaired) electrons. The summed E-state index contributed by atoms with van der Waals surface area (Å²) in [6, 6.07) is 68.8. The Hall–Kier alpha value is -7.01. The van der Waals surface area contributed by atoms with E-state index in [2.05, 4.69) is 183 Å². The van der Waals surface area contributed by atoms with Gasteiger partial charge in [-0.15, -0.1) is 11.3 Å². The maximum absolute atomic E-state index is 5.16. The molecule has 4 heteroatoms. The van der Waals surface area contributed by atoms with Crippen LogP contribution in [0.1, 0.15) is 5.56 Å². The van der Waals surface area contributed by atoms with E-state index < -0.39 is 0 Å². The lowest BCUT2D eigenvalue weighted by atomic mass is 9.94. The topological polar surface area (TPSA) is 38.7 Å². The normalized spacial score (nSPS) is 11.3. The summed E-state index contributed by atoms with van der Waals surface area (Å²) in [5.41, 5.74) is 13.4. The Bertz CT molecular complexity index is 3030. The molecule has 2 aromatic heterocycles. The first-order valence-corrected chi connectivity index (χ1v) is 19.7. The molecule has 0 N–H and O–H groups in total. The van der Waals surface area contributed by atoms with E-state index in [1.807, 2.05) is 29.5 Å². The maximum Gasteiger partial charge on any atom is 0.164 e. The fourth-order valence-corrected chi connectivity index (χ4v) is 8.99. The van der Waals surface area contributed by atoms with Crippen molar-refractivity contribution in [2.24, 2.45) is 0 Å². The number of hydrogen-bond acceptors (Lipinski definition) is 4. The molecule has 10 aromatic rings. The molecule has 2 heterocycles. The largest absolute Gasteiger partial charge is 0.208 e. The highest BCUT2D eigenvalue weighted by Gasteiger charge is 2.18. The molecule has 0 saturated heterocycles. The van der Waals surface area contributed by atoms with Crippen LogP contribution in [0.3, 0.4) is 0 Å². The molecular weight excluding hydrogens is 699 g/mol. The fourth-order valence-electron chi connectivity index (χ4n) is 7.62. The molecule has 264 valence electrons. The first-order valence-electron chi connectivity index (χ1n) is 18.8. The van der Waals surface area contributed by atoms with E-state index >= 15 is 0 Å². The van der Waals surface area contributed by atoms with Crippen LogP contribution in [0.4, 0.5) is 0 Å². The van der Waals surface area contributed by atoms with Gasteiger partial charge in [-0.05, 0) is 81.8 Å². The van der Waals surface area contributed by atoms with Crippen molar-refractivity contribution in [3.63, 3.8) is 0 Å². The summed E-state index contributed by atoms with van der Waals surface area (Å²) < 4.78 is 2.54. The van der Waals surface area contributed by atoms with Gasteiger partial charge in [-0.3, -0.25) is 0 Å². The van der Waals surface area contributed by atoms with Gasteiger partial charge in [0.25, 0.3) is 0 Å². The maximum atomic E-state index is 5.16. The predicted molar refractivity (Wildman–Crippen MR) is 236 cm³/mol. The van der Waals surface area contributed by atoms with Crippen LogP contribution in [0.15, 0.2) is 194 Å². The zero-order valence-electron chi connectivity index (χ0n) is 30.7. The lowest BCUT2D eigenvalue weighted by Crippen LogP contribution is -2.00. The Morgan fingerprint density at radius 2 is 0.732 bits per heavy atom. The molecule has 0 saturated carbocycles. The highest BCUT2D eigenvalue weighted by Crippen LogP contribution is 2.45. The highest BCUT2D eigenvalue weighted by molar-refractivity contribution is 7.26. The third kappa shape index (κ3) is 6.36.